The van der Waals surface area contributed by atoms with Crippen LogP contribution in [-0.4, -0.2) is 16.8 Å². The van der Waals surface area contributed by atoms with Crippen LogP contribution in [0.25, 0.3) is 0 Å². The van der Waals surface area contributed by atoms with Crippen LogP contribution in [0.2, 0.25) is 5.02 Å². The first-order valence-electron chi connectivity index (χ1n) is 8.13. The first-order chi connectivity index (χ1) is 13.1. The molecule has 3 aromatic rings. The molecule has 0 saturated heterocycles. The summed E-state index contributed by atoms with van der Waals surface area (Å²) in [6.45, 7) is 0. The average Bonchev–Trinajstić information content (AvgIpc) is 2.69. The maximum atomic E-state index is 12.5. The van der Waals surface area contributed by atoms with Crippen LogP contribution >= 0.6 is 23.4 Å². The van der Waals surface area contributed by atoms with Gasteiger partial charge in [0, 0.05) is 16.1 Å². The third kappa shape index (κ3) is 5.57. The smallest absolute Gasteiger partial charge is 0.272 e. The number of rotatable bonds is 5. The Morgan fingerprint density at radius 3 is 2.41 bits per heavy atom. The van der Waals surface area contributed by atoms with Crippen LogP contribution < -0.4 is 10.9 Å². The van der Waals surface area contributed by atoms with Crippen molar-refractivity contribution < 1.29 is 9.59 Å². The number of nitrogens with one attached hydrogen (secondary N) is 2. The SMILES string of the molecule is O=C(Cc1ccc(Cl)cc1)NNC(=O)c1cccnc1Sc1ccccc1. The van der Waals surface area contributed by atoms with Gasteiger partial charge in [0.2, 0.25) is 5.91 Å². The standard InChI is InChI=1S/C20H16ClN3O2S/c21-15-10-8-14(9-11-15)13-18(25)23-24-19(26)17-7-4-12-22-20(17)27-16-5-2-1-3-6-16/h1-12H,13H2,(H,23,25)(H,24,26). The number of pyridine rings is 1. The highest BCUT2D eigenvalue weighted by Gasteiger charge is 2.14. The summed E-state index contributed by atoms with van der Waals surface area (Å²) >= 11 is 7.21. The van der Waals surface area contributed by atoms with Crippen LogP contribution in [0.1, 0.15) is 15.9 Å². The zero-order valence-electron chi connectivity index (χ0n) is 14.2. The van der Waals surface area contributed by atoms with Crippen molar-refractivity contribution in [1.29, 1.82) is 0 Å². The molecule has 1 heterocycles. The third-order valence-corrected chi connectivity index (χ3v) is 4.85. The molecule has 0 unspecified atom stereocenters. The number of halogens is 1. The molecular formula is C20H16ClN3O2S. The molecule has 0 aliphatic carbocycles. The second-order valence-corrected chi connectivity index (χ2v) is 7.08. The number of amides is 2. The molecule has 136 valence electrons. The summed E-state index contributed by atoms with van der Waals surface area (Å²) in [5.74, 6) is -0.752. The van der Waals surface area contributed by atoms with E-state index in [1.165, 1.54) is 11.8 Å². The molecular weight excluding hydrogens is 382 g/mol. The Hall–Kier alpha value is -2.83. The number of aromatic nitrogens is 1. The number of hydrogen-bond acceptors (Lipinski definition) is 4. The fourth-order valence-corrected chi connectivity index (χ4v) is 3.30. The molecule has 0 fully saturated rings. The molecule has 2 N–H and O–H groups in total. The largest absolute Gasteiger partial charge is 0.273 e. The van der Waals surface area contributed by atoms with Crippen molar-refractivity contribution in [1.82, 2.24) is 15.8 Å². The summed E-state index contributed by atoms with van der Waals surface area (Å²) in [4.78, 5) is 29.7. The molecule has 0 atom stereocenters. The van der Waals surface area contributed by atoms with Gasteiger partial charge >= 0.3 is 0 Å². The van der Waals surface area contributed by atoms with E-state index in [0.717, 1.165) is 10.5 Å². The van der Waals surface area contributed by atoms with Gasteiger partial charge in [-0.3, -0.25) is 20.4 Å². The van der Waals surface area contributed by atoms with Gasteiger partial charge < -0.3 is 0 Å². The predicted octanol–water partition coefficient (Wildman–Crippen LogP) is 3.89. The minimum Gasteiger partial charge on any atom is -0.273 e. The summed E-state index contributed by atoms with van der Waals surface area (Å²) in [5, 5.41) is 1.17. The van der Waals surface area contributed by atoms with Crippen molar-refractivity contribution in [2.24, 2.45) is 0 Å². The molecule has 2 aromatic carbocycles. The summed E-state index contributed by atoms with van der Waals surface area (Å²) < 4.78 is 0. The number of carbonyl (C=O) groups is 2. The molecule has 2 amide bonds. The first kappa shape index (κ1) is 18.9. The molecule has 0 aliphatic rings. The van der Waals surface area contributed by atoms with Gasteiger partial charge in [-0.15, -0.1) is 0 Å². The lowest BCUT2D eigenvalue weighted by Crippen LogP contribution is -2.42. The highest BCUT2D eigenvalue weighted by atomic mass is 35.5. The van der Waals surface area contributed by atoms with Gasteiger partial charge in [0.05, 0.1) is 12.0 Å². The molecule has 1 aromatic heterocycles. The molecule has 0 saturated carbocycles. The highest BCUT2D eigenvalue weighted by Crippen LogP contribution is 2.28. The second kappa shape index (κ2) is 9.21. The van der Waals surface area contributed by atoms with Crippen LogP contribution in [-0.2, 0) is 11.2 Å². The van der Waals surface area contributed by atoms with Crippen molar-refractivity contribution in [2.75, 3.05) is 0 Å². The van der Waals surface area contributed by atoms with Crippen LogP contribution in [0.3, 0.4) is 0 Å². The van der Waals surface area contributed by atoms with Gasteiger partial charge in [-0.25, -0.2) is 4.98 Å². The van der Waals surface area contributed by atoms with Gasteiger partial charge in [-0.1, -0.05) is 53.7 Å². The minimum atomic E-state index is -0.425. The lowest BCUT2D eigenvalue weighted by atomic mass is 10.1. The van der Waals surface area contributed by atoms with E-state index < -0.39 is 5.91 Å². The Morgan fingerprint density at radius 1 is 0.926 bits per heavy atom. The number of hydrazine groups is 1. The Kier molecular flexibility index (Phi) is 6.46. The summed E-state index contributed by atoms with van der Waals surface area (Å²) in [7, 11) is 0. The van der Waals surface area contributed by atoms with E-state index in [-0.39, 0.29) is 12.3 Å². The number of carbonyl (C=O) groups excluding carboxylic acids is 2. The van der Waals surface area contributed by atoms with E-state index in [1.54, 1.807) is 42.6 Å². The zero-order chi connectivity index (χ0) is 19.1. The Labute approximate surface area is 166 Å². The van der Waals surface area contributed by atoms with Gasteiger partial charge in [-0.2, -0.15) is 0 Å². The average molecular weight is 398 g/mol. The van der Waals surface area contributed by atoms with Crippen molar-refractivity contribution >= 4 is 35.2 Å². The van der Waals surface area contributed by atoms with E-state index in [9.17, 15) is 9.59 Å². The highest BCUT2D eigenvalue weighted by molar-refractivity contribution is 7.99. The second-order valence-electron chi connectivity index (χ2n) is 5.58. The van der Waals surface area contributed by atoms with Crippen molar-refractivity contribution in [3.05, 3.63) is 89.1 Å². The molecule has 3 rings (SSSR count). The topological polar surface area (TPSA) is 71.1 Å². The molecule has 5 nitrogen and oxygen atoms in total. The molecule has 0 bridgehead atoms. The Bertz CT molecular complexity index is 933. The molecule has 0 spiro atoms. The summed E-state index contributed by atoms with van der Waals surface area (Å²) in [6.07, 6.45) is 1.76. The fourth-order valence-electron chi connectivity index (χ4n) is 2.27. The first-order valence-corrected chi connectivity index (χ1v) is 9.33. The van der Waals surface area contributed by atoms with Gasteiger partial charge in [0.15, 0.2) is 0 Å². The van der Waals surface area contributed by atoms with Crippen LogP contribution in [0.5, 0.6) is 0 Å². The van der Waals surface area contributed by atoms with E-state index in [2.05, 4.69) is 15.8 Å². The number of benzene rings is 2. The maximum Gasteiger partial charge on any atom is 0.272 e. The van der Waals surface area contributed by atoms with Gasteiger partial charge in [-0.05, 0) is 42.0 Å². The lowest BCUT2D eigenvalue weighted by Gasteiger charge is -2.10. The normalized spacial score (nSPS) is 10.3. The summed E-state index contributed by atoms with van der Waals surface area (Å²) in [6, 6.07) is 19.9. The van der Waals surface area contributed by atoms with Crippen molar-refractivity contribution in [3.63, 3.8) is 0 Å². The van der Waals surface area contributed by atoms with E-state index in [1.807, 2.05) is 30.3 Å². The lowest BCUT2D eigenvalue weighted by molar-refractivity contribution is -0.121. The van der Waals surface area contributed by atoms with Crippen LogP contribution in [0, 0.1) is 0 Å². The monoisotopic (exact) mass is 397 g/mol. The maximum absolute atomic E-state index is 12.5. The Balaban J connectivity index is 1.61. The minimum absolute atomic E-state index is 0.135. The van der Waals surface area contributed by atoms with Crippen molar-refractivity contribution in [2.45, 2.75) is 16.3 Å². The fraction of sp³-hybridized carbons (Fsp3) is 0.0500. The molecule has 27 heavy (non-hydrogen) atoms. The molecule has 7 heteroatoms. The zero-order valence-corrected chi connectivity index (χ0v) is 15.8. The molecule has 0 radical (unpaired) electrons. The Morgan fingerprint density at radius 2 is 1.67 bits per heavy atom. The van der Waals surface area contributed by atoms with Gasteiger partial charge in [0.25, 0.3) is 5.91 Å². The van der Waals surface area contributed by atoms with E-state index in [4.69, 9.17) is 11.6 Å². The van der Waals surface area contributed by atoms with Gasteiger partial charge in [0.1, 0.15) is 5.03 Å². The van der Waals surface area contributed by atoms with Crippen molar-refractivity contribution in [3.8, 4) is 0 Å². The number of hydrogen-bond donors (Lipinski definition) is 2. The summed E-state index contributed by atoms with van der Waals surface area (Å²) in [5.41, 5.74) is 6.05. The predicted molar refractivity (Wildman–Crippen MR) is 106 cm³/mol. The van der Waals surface area contributed by atoms with Crippen LogP contribution in [0.4, 0.5) is 0 Å². The van der Waals surface area contributed by atoms with E-state index in [0.29, 0.717) is 15.6 Å². The quantitative estimate of drug-likeness (QED) is 0.641. The van der Waals surface area contributed by atoms with Crippen LogP contribution in [0.15, 0.2) is 82.8 Å². The third-order valence-electron chi connectivity index (χ3n) is 3.57. The number of nitrogens with zero attached hydrogens (tertiary/aromatic N) is 1. The van der Waals surface area contributed by atoms with E-state index >= 15 is 0 Å². The molecule has 0 aliphatic heterocycles.